The normalized spacial score (nSPS) is 17.0. The number of aliphatic hydroxyl groups is 2. The minimum Gasteiger partial charge on any atom is -0.490 e. The molecule has 8 heteroatoms. The van der Waals surface area contributed by atoms with Crippen molar-refractivity contribution in [1.82, 2.24) is 0 Å². The summed E-state index contributed by atoms with van der Waals surface area (Å²) in [7, 11) is 0. The van der Waals surface area contributed by atoms with Crippen LogP contribution in [0.1, 0.15) is 82.3 Å². The molecule has 1 aliphatic rings. The van der Waals surface area contributed by atoms with Crippen molar-refractivity contribution < 1.29 is 38.7 Å². The molecule has 8 nitrogen and oxygen atoms in total. The molecule has 2 aromatic carbocycles. The molecule has 1 fully saturated rings. The molecule has 2 aromatic rings. The van der Waals surface area contributed by atoms with E-state index in [4.69, 9.17) is 29.2 Å². The van der Waals surface area contributed by atoms with Crippen molar-refractivity contribution in [3.8, 4) is 22.6 Å². The molecule has 3 rings (SSSR count). The third-order valence-electron chi connectivity index (χ3n) is 8.42. The van der Waals surface area contributed by atoms with Gasteiger partial charge in [-0.15, -0.1) is 0 Å². The van der Waals surface area contributed by atoms with E-state index in [0.29, 0.717) is 17.4 Å². The average Bonchev–Trinajstić information content (AvgIpc) is 3.05. The van der Waals surface area contributed by atoms with Gasteiger partial charge in [0.2, 0.25) is 0 Å². The molecule has 0 spiro atoms. The highest BCUT2D eigenvalue weighted by molar-refractivity contribution is 5.87. The first-order valence-corrected chi connectivity index (χ1v) is 16.0. The van der Waals surface area contributed by atoms with Gasteiger partial charge >= 0.3 is 11.9 Å². The van der Waals surface area contributed by atoms with E-state index in [0.717, 1.165) is 22.6 Å². The van der Waals surface area contributed by atoms with Gasteiger partial charge in [0.1, 0.15) is 37.9 Å². The molecule has 0 radical (unpaired) electrons. The van der Waals surface area contributed by atoms with Gasteiger partial charge in [-0.25, -0.2) is 4.79 Å². The summed E-state index contributed by atoms with van der Waals surface area (Å²) in [6, 6.07) is 12.5. The van der Waals surface area contributed by atoms with E-state index in [1.807, 2.05) is 13.0 Å². The first-order chi connectivity index (χ1) is 21.3. The molecule has 1 saturated carbocycles. The molecular weight excluding hydrogens is 560 g/mol. The predicted octanol–water partition coefficient (Wildman–Crippen LogP) is 6.54. The Bertz CT molecular complexity index is 1200. The summed E-state index contributed by atoms with van der Waals surface area (Å²) in [6.45, 7) is 8.84. The minimum atomic E-state index is -0.666. The van der Waals surface area contributed by atoms with Crippen molar-refractivity contribution in [2.45, 2.75) is 78.1 Å². The van der Waals surface area contributed by atoms with Crippen LogP contribution in [0.2, 0.25) is 0 Å². The summed E-state index contributed by atoms with van der Waals surface area (Å²) < 4.78 is 22.2. The van der Waals surface area contributed by atoms with E-state index in [1.54, 1.807) is 13.0 Å². The summed E-state index contributed by atoms with van der Waals surface area (Å²) >= 11 is 0. The van der Waals surface area contributed by atoms with Crippen molar-refractivity contribution in [1.29, 1.82) is 0 Å². The molecule has 1 unspecified atom stereocenters. The second kappa shape index (κ2) is 18.4. The quantitative estimate of drug-likeness (QED) is 0.111. The molecule has 242 valence electrons. The lowest BCUT2D eigenvalue weighted by Crippen LogP contribution is -2.20. The fourth-order valence-corrected chi connectivity index (χ4v) is 5.57. The Hall–Kier alpha value is -3.36. The molecule has 44 heavy (non-hydrogen) atoms. The molecule has 1 aliphatic carbocycles. The number of hydrogen-bond donors (Lipinski definition) is 2. The maximum atomic E-state index is 11.9. The molecule has 0 amide bonds. The van der Waals surface area contributed by atoms with E-state index in [1.165, 1.54) is 56.9 Å². The molecule has 1 atom stereocenters. The van der Waals surface area contributed by atoms with E-state index in [2.05, 4.69) is 37.8 Å². The highest BCUT2D eigenvalue weighted by atomic mass is 16.6. The van der Waals surface area contributed by atoms with Crippen LogP contribution in [0, 0.1) is 18.8 Å². The summed E-state index contributed by atoms with van der Waals surface area (Å²) in [5, 5.41) is 18.2. The smallest absolute Gasteiger partial charge is 0.335 e. The van der Waals surface area contributed by atoms with Crippen LogP contribution in [0.3, 0.4) is 0 Å². The van der Waals surface area contributed by atoms with Crippen LogP contribution in [0.25, 0.3) is 11.1 Å². The number of benzene rings is 2. The fraction of sp³-hybridized carbons (Fsp3) is 0.556. The Morgan fingerprint density at radius 3 is 2.27 bits per heavy atom. The van der Waals surface area contributed by atoms with Crippen molar-refractivity contribution in [3.05, 3.63) is 59.7 Å². The van der Waals surface area contributed by atoms with Crippen molar-refractivity contribution in [2.24, 2.45) is 11.8 Å². The molecule has 0 aromatic heterocycles. The predicted molar refractivity (Wildman–Crippen MR) is 171 cm³/mol. The number of unbranched alkanes of at least 4 members (excludes halogenated alkanes) is 2. The third kappa shape index (κ3) is 10.7. The molecule has 0 heterocycles. The molecule has 0 saturated heterocycles. The lowest BCUT2D eigenvalue weighted by molar-refractivity contribution is -0.149. The largest absolute Gasteiger partial charge is 0.490 e. The highest BCUT2D eigenvalue weighted by Gasteiger charge is 2.22. The van der Waals surface area contributed by atoms with Gasteiger partial charge in [-0.3, -0.25) is 4.79 Å². The van der Waals surface area contributed by atoms with Crippen LogP contribution in [-0.4, -0.2) is 61.8 Å². The van der Waals surface area contributed by atoms with E-state index in [9.17, 15) is 9.59 Å². The van der Waals surface area contributed by atoms with Crippen molar-refractivity contribution >= 4 is 11.9 Å². The summed E-state index contributed by atoms with van der Waals surface area (Å²) in [6.07, 6.45) is 10.5. The first-order valence-electron chi connectivity index (χ1n) is 16.0. The average molecular weight is 611 g/mol. The monoisotopic (exact) mass is 610 g/mol. The number of ether oxygens (including phenoxy) is 4. The molecular formula is C36H50O8. The summed E-state index contributed by atoms with van der Waals surface area (Å²) in [5.74, 6) is 0.859. The highest BCUT2D eigenvalue weighted by Crippen LogP contribution is 2.40. The van der Waals surface area contributed by atoms with E-state index >= 15 is 0 Å². The van der Waals surface area contributed by atoms with E-state index in [-0.39, 0.29) is 38.6 Å². The van der Waals surface area contributed by atoms with Gasteiger partial charge in [-0.05, 0) is 79.7 Å². The molecule has 0 bridgehead atoms. The second-order valence-electron chi connectivity index (χ2n) is 11.8. The van der Waals surface area contributed by atoms with Crippen LogP contribution in [0.15, 0.2) is 48.6 Å². The zero-order valence-corrected chi connectivity index (χ0v) is 26.6. The number of esters is 2. The lowest BCUT2D eigenvalue weighted by atomic mass is 9.77. The maximum Gasteiger partial charge on any atom is 0.335 e. The number of hydrogen-bond acceptors (Lipinski definition) is 8. The molecule has 0 aliphatic heterocycles. The van der Waals surface area contributed by atoms with Crippen LogP contribution in [0.5, 0.6) is 11.5 Å². The Morgan fingerprint density at radius 1 is 0.932 bits per heavy atom. The lowest BCUT2D eigenvalue weighted by Gasteiger charge is -2.29. The Labute approximate surface area is 262 Å². The van der Waals surface area contributed by atoms with Gasteiger partial charge in [0, 0.05) is 6.07 Å². The second-order valence-corrected chi connectivity index (χ2v) is 11.8. The van der Waals surface area contributed by atoms with Crippen LogP contribution < -0.4 is 9.47 Å². The number of carbonyl (C=O) groups is 2. The summed E-state index contributed by atoms with van der Waals surface area (Å²) in [5.41, 5.74) is 4.25. The van der Waals surface area contributed by atoms with Crippen molar-refractivity contribution in [3.63, 3.8) is 0 Å². The SMILES string of the molecule is C=C(CO)C(=O)OCCOc1cc(OCCOC(=O)C(C)CO)cc(-c2ccc(C3CCC(CCCCC)CC3)cc2)c1C. The number of aliphatic hydroxyl groups excluding tert-OH is 2. The first kappa shape index (κ1) is 35.1. The van der Waals surface area contributed by atoms with Gasteiger partial charge in [0.25, 0.3) is 0 Å². The summed E-state index contributed by atoms with van der Waals surface area (Å²) in [4.78, 5) is 23.7. The Kier molecular flexibility index (Phi) is 14.7. The third-order valence-corrected chi connectivity index (χ3v) is 8.42. The van der Waals surface area contributed by atoms with Crippen molar-refractivity contribution in [2.75, 3.05) is 39.6 Å². The standard InChI is InChI=1S/C36H50O8/c1-5-6-7-8-28-9-11-29(12-10-28)30-13-15-31(16-14-30)33-21-32(41-17-19-43-35(39)25(2)23-37)22-34(27(33)4)42-18-20-44-36(40)26(3)24-38/h13-16,21-22,25,28-29,37-38H,3,5-12,17-20,23-24H2,1-2,4H3. The van der Waals surface area contributed by atoms with Gasteiger partial charge in [0.05, 0.1) is 24.7 Å². The van der Waals surface area contributed by atoms with Crippen LogP contribution >= 0.6 is 0 Å². The van der Waals surface area contributed by atoms with Gasteiger partial charge in [-0.1, -0.05) is 63.5 Å². The minimum absolute atomic E-state index is 0.00769. The topological polar surface area (TPSA) is 112 Å². The van der Waals surface area contributed by atoms with E-state index < -0.39 is 24.5 Å². The zero-order valence-electron chi connectivity index (χ0n) is 26.6. The van der Waals surface area contributed by atoms with Gasteiger partial charge in [-0.2, -0.15) is 0 Å². The van der Waals surface area contributed by atoms with Crippen LogP contribution in [0.4, 0.5) is 0 Å². The Morgan fingerprint density at radius 2 is 1.61 bits per heavy atom. The van der Waals surface area contributed by atoms with Crippen LogP contribution in [-0.2, 0) is 19.1 Å². The maximum absolute atomic E-state index is 11.9. The number of rotatable bonds is 18. The molecule has 2 N–H and O–H groups in total. The Balaban J connectivity index is 1.70. The van der Waals surface area contributed by atoms with Gasteiger partial charge in [0.15, 0.2) is 0 Å². The van der Waals surface area contributed by atoms with Gasteiger partial charge < -0.3 is 29.2 Å². The number of carbonyl (C=O) groups excluding carboxylic acids is 2. The fourth-order valence-electron chi connectivity index (χ4n) is 5.57. The zero-order chi connectivity index (χ0) is 31.9.